The molecule has 0 unspecified atom stereocenters. The minimum atomic E-state index is 0.0625. The second-order valence-electron chi connectivity index (χ2n) is 6.64. The second-order valence-corrected chi connectivity index (χ2v) is 7.08. The van der Waals surface area contributed by atoms with Gasteiger partial charge in [-0.25, -0.2) is 0 Å². The molecule has 1 fully saturated rings. The van der Waals surface area contributed by atoms with Crippen LogP contribution in [-0.4, -0.2) is 30.4 Å². The Morgan fingerprint density at radius 1 is 1.28 bits per heavy atom. The lowest BCUT2D eigenvalue weighted by molar-refractivity contribution is -0.121. The maximum atomic E-state index is 12.3. The topological polar surface area (TPSA) is 45.5 Å². The molecule has 0 radical (unpaired) electrons. The molecule has 2 heterocycles. The number of hydrogen-bond acceptors (Lipinski definition) is 3. The summed E-state index contributed by atoms with van der Waals surface area (Å²) < 4.78 is 5.83. The molecular weight excluding hydrogens is 336 g/mol. The van der Waals surface area contributed by atoms with Gasteiger partial charge >= 0.3 is 0 Å². The molecule has 0 bridgehead atoms. The molecule has 1 amide bonds. The summed E-state index contributed by atoms with van der Waals surface area (Å²) in [5, 5.41) is 3.79. The number of likely N-dealkylation sites (tertiary alicyclic amines) is 1. The molecule has 0 saturated carbocycles. The third kappa shape index (κ3) is 5.10. The number of benzene rings is 1. The van der Waals surface area contributed by atoms with Crippen molar-refractivity contribution in [3.05, 3.63) is 58.5 Å². The normalized spacial score (nSPS) is 16.1. The molecule has 1 aromatic heterocycles. The number of nitrogens with one attached hydrogen (secondary N) is 1. The Balaban J connectivity index is 1.54. The minimum Gasteiger partial charge on any atom is -0.465 e. The standard InChI is InChI=1S/C20H25ClN2O2/c1-15-7-9-19(25-15)18(23-11-2-3-12-23)14-22-20(24)10-8-16-5-4-6-17(21)13-16/h4-7,9,13,18H,2-3,8,10-12,14H2,1H3,(H,22,24)/t18-/m1/s1. The SMILES string of the molecule is Cc1ccc([C@@H](CNC(=O)CCc2cccc(Cl)c2)N2CCCC2)o1. The van der Waals surface area contributed by atoms with Crippen LogP contribution in [0.25, 0.3) is 0 Å². The Kier molecular flexibility index (Phi) is 6.16. The average molecular weight is 361 g/mol. The molecular formula is C20H25ClN2O2. The number of aryl methyl sites for hydroxylation is 2. The largest absolute Gasteiger partial charge is 0.465 e. The van der Waals surface area contributed by atoms with Crippen LogP contribution >= 0.6 is 11.6 Å². The summed E-state index contributed by atoms with van der Waals surface area (Å²) in [6, 6.07) is 11.8. The van der Waals surface area contributed by atoms with Crippen molar-refractivity contribution in [1.29, 1.82) is 0 Å². The van der Waals surface area contributed by atoms with E-state index in [1.807, 2.05) is 43.3 Å². The van der Waals surface area contributed by atoms with Crippen LogP contribution < -0.4 is 5.32 Å². The van der Waals surface area contributed by atoms with Gasteiger partial charge in [0.1, 0.15) is 11.5 Å². The number of halogens is 1. The Morgan fingerprint density at radius 3 is 2.76 bits per heavy atom. The summed E-state index contributed by atoms with van der Waals surface area (Å²) in [5.41, 5.74) is 1.08. The van der Waals surface area contributed by atoms with Gasteiger partial charge in [-0.1, -0.05) is 23.7 Å². The molecule has 5 heteroatoms. The van der Waals surface area contributed by atoms with Crippen molar-refractivity contribution in [1.82, 2.24) is 10.2 Å². The Morgan fingerprint density at radius 2 is 2.08 bits per heavy atom. The van der Waals surface area contributed by atoms with E-state index in [1.54, 1.807) is 0 Å². The van der Waals surface area contributed by atoms with Crippen molar-refractivity contribution in [3.8, 4) is 0 Å². The first-order valence-electron chi connectivity index (χ1n) is 8.93. The monoisotopic (exact) mass is 360 g/mol. The van der Waals surface area contributed by atoms with E-state index in [-0.39, 0.29) is 11.9 Å². The van der Waals surface area contributed by atoms with Gasteiger partial charge in [0.15, 0.2) is 0 Å². The molecule has 1 saturated heterocycles. The highest BCUT2D eigenvalue weighted by Crippen LogP contribution is 2.26. The van der Waals surface area contributed by atoms with Crippen LogP contribution in [0.5, 0.6) is 0 Å². The summed E-state index contributed by atoms with van der Waals surface area (Å²) in [5.74, 6) is 1.91. The fraction of sp³-hybridized carbons (Fsp3) is 0.450. The van der Waals surface area contributed by atoms with Gasteiger partial charge in [0.25, 0.3) is 0 Å². The van der Waals surface area contributed by atoms with Crippen LogP contribution in [0.15, 0.2) is 40.8 Å². The van der Waals surface area contributed by atoms with E-state index >= 15 is 0 Å². The summed E-state index contributed by atoms with van der Waals surface area (Å²) in [4.78, 5) is 14.7. The van der Waals surface area contributed by atoms with Gasteiger partial charge in [0, 0.05) is 18.0 Å². The zero-order valence-electron chi connectivity index (χ0n) is 14.6. The number of carbonyl (C=O) groups is 1. The molecule has 1 aliphatic heterocycles. The summed E-state index contributed by atoms with van der Waals surface area (Å²) in [6.07, 6.45) is 3.57. The first kappa shape index (κ1) is 18.0. The first-order valence-corrected chi connectivity index (χ1v) is 9.31. The molecule has 4 nitrogen and oxygen atoms in total. The lowest BCUT2D eigenvalue weighted by Crippen LogP contribution is -2.36. The number of carbonyl (C=O) groups excluding carboxylic acids is 1. The highest BCUT2D eigenvalue weighted by molar-refractivity contribution is 6.30. The van der Waals surface area contributed by atoms with Crippen LogP contribution in [-0.2, 0) is 11.2 Å². The Hall–Kier alpha value is -1.78. The predicted octanol–water partition coefficient (Wildman–Crippen LogP) is 4.13. The van der Waals surface area contributed by atoms with E-state index in [1.165, 1.54) is 12.8 Å². The zero-order chi connectivity index (χ0) is 17.6. The summed E-state index contributed by atoms with van der Waals surface area (Å²) in [6.45, 7) is 4.65. The van der Waals surface area contributed by atoms with Crippen molar-refractivity contribution in [3.63, 3.8) is 0 Å². The molecule has 1 N–H and O–H groups in total. The molecule has 1 aliphatic rings. The predicted molar refractivity (Wildman–Crippen MR) is 99.8 cm³/mol. The van der Waals surface area contributed by atoms with E-state index < -0.39 is 0 Å². The van der Waals surface area contributed by atoms with E-state index in [9.17, 15) is 4.79 Å². The van der Waals surface area contributed by atoms with Crippen LogP contribution in [0, 0.1) is 6.92 Å². The van der Waals surface area contributed by atoms with E-state index in [0.29, 0.717) is 24.4 Å². The zero-order valence-corrected chi connectivity index (χ0v) is 15.4. The van der Waals surface area contributed by atoms with Gasteiger partial charge in [0.2, 0.25) is 5.91 Å². The van der Waals surface area contributed by atoms with Gasteiger partial charge in [0.05, 0.1) is 6.04 Å². The molecule has 2 aromatic rings. The first-order chi connectivity index (χ1) is 12.1. The van der Waals surface area contributed by atoms with Crippen LogP contribution in [0.3, 0.4) is 0 Å². The molecule has 3 rings (SSSR count). The average Bonchev–Trinajstić information content (AvgIpc) is 3.26. The van der Waals surface area contributed by atoms with Gasteiger partial charge in [-0.05, 0) is 69.1 Å². The number of furan rings is 1. The quantitative estimate of drug-likeness (QED) is 0.807. The maximum absolute atomic E-state index is 12.3. The highest BCUT2D eigenvalue weighted by Gasteiger charge is 2.26. The van der Waals surface area contributed by atoms with Crippen molar-refractivity contribution in [2.75, 3.05) is 19.6 Å². The molecule has 1 atom stereocenters. The third-order valence-corrected chi connectivity index (χ3v) is 4.93. The number of hydrogen-bond donors (Lipinski definition) is 1. The van der Waals surface area contributed by atoms with Gasteiger partial charge in [-0.15, -0.1) is 0 Å². The summed E-state index contributed by atoms with van der Waals surface area (Å²) in [7, 11) is 0. The minimum absolute atomic E-state index is 0.0625. The van der Waals surface area contributed by atoms with Crippen LogP contribution in [0.2, 0.25) is 5.02 Å². The smallest absolute Gasteiger partial charge is 0.220 e. The lowest BCUT2D eigenvalue weighted by Gasteiger charge is -2.26. The van der Waals surface area contributed by atoms with Crippen molar-refractivity contribution < 1.29 is 9.21 Å². The van der Waals surface area contributed by atoms with Crippen LogP contribution in [0.1, 0.15) is 42.4 Å². The molecule has 25 heavy (non-hydrogen) atoms. The van der Waals surface area contributed by atoms with Gasteiger partial charge in [-0.2, -0.15) is 0 Å². The van der Waals surface area contributed by atoms with Crippen molar-refractivity contribution in [2.45, 2.75) is 38.6 Å². The molecule has 1 aromatic carbocycles. The van der Waals surface area contributed by atoms with E-state index in [0.717, 1.165) is 30.2 Å². The highest BCUT2D eigenvalue weighted by atomic mass is 35.5. The van der Waals surface area contributed by atoms with E-state index in [2.05, 4.69) is 10.2 Å². The molecule has 0 spiro atoms. The number of nitrogens with zero attached hydrogens (tertiary/aromatic N) is 1. The Bertz CT molecular complexity index is 707. The lowest BCUT2D eigenvalue weighted by atomic mass is 10.1. The van der Waals surface area contributed by atoms with Crippen molar-refractivity contribution >= 4 is 17.5 Å². The molecule has 134 valence electrons. The Labute approximate surface area is 154 Å². The maximum Gasteiger partial charge on any atom is 0.220 e. The van der Waals surface area contributed by atoms with E-state index in [4.69, 9.17) is 16.0 Å². The summed E-state index contributed by atoms with van der Waals surface area (Å²) >= 11 is 5.99. The number of rotatable bonds is 7. The fourth-order valence-electron chi connectivity index (χ4n) is 3.34. The van der Waals surface area contributed by atoms with Gasteiger partial charge < -0.3 is 9.73 Å². The third-order valence-electron chi connectivity index (χ3n) is 4.69. The fourth-order valence-corrected chi connectivity index (χ4v) is 3.56. The second kappa shape index (κ2) is 8.54. The van der Waals surface area contributed by atoms with Crippen molar-refractivity contribution in [2.24, 2.45) is 0 Å². The number of amides is 1. The van der Waals surface area contributed by atoms with Crippen LogP contribution in [0.4, 0.5) is 0 Å². The van der Waals surface area contributed by atoms with Gasteiger partial charge in [-0.3, -0.25) is 9.69 Å². The molecule has 0 aliphatic carbocycles.